The fraction of sp³-hybridized carbons (Fsp3) is 0.933. The van der Waals surface area contributed by atoms with E-state index in [1.54, 1.807) is 0 Å². The summed E-state index contributed by atoms with van der Waals surface area (Å²) in [6, 6.07) is 0. The molecule has 23 heteroatoms. The number of nitrogens with two attached hydrogens (primary N) is 1. The smallest absolute Gasteiger partial charge is 0.305 e. The summed E-state index contributed by atoms with van der Waals surface area (Å²) in [4.78, 5) is 71.4. The van der Waals surface area contributed by atoms with Crippen molar-refractivity contribution >= 4 is 106 Å². The van der Waals surface area contributed by atoms with Gasteiger partial charge in [-0.15, -0.1) is 0 Å². The first-order valence-corrected chi connectivity index (χ1v) is 52.8. The largest absolute Gasteiger partial charge is 0.466 e. The Hall–Kier alpha value is -1.12. The quantitative estimate of drug-likeness (QED) is 0.0160. The molecule has 0 aromatic rings. The van der Waals surface area contributed by atoms with Crippen molar-refractivity contribution in [2.45, 2.75) is 385 Å². The van der Waals surface area contributed by atoms with Crippen LogP contribution in [-0.4, -0.2) is 203 Å². The molecule has 0 aromatic carbocycles. The molecule has 9 N–H and O–H groups in total. The number of esters is 3. The first-order valence-electron chi connectivity index (χ1n) is 45.8. The molecule has 0 aliphatic rings. The van der Waals surface area contributed by atoms with Crippen LogP contribution in [-0.2, 0) is 43.0 Å². The number of amides is 2. The van der Waals surface area contributed by atoms with E-state index in [0.717, 1.165) is 161 Å². The Kier molecular flexibility index (Phi) is 109. The number of Topliss-reactive ketones (excluding diaryl/α,β-unsaturated/α-hetero) is 1. The number of aliphatic hydroxyl groups excluding tert-OH is 5. The summed E-state index contributed by atoms with van der Waals surface area (Å²) in [5.74, 6) is 12.7. The highest BCUT2D eigenvalue weighted by molar-refractivity contribution is 8.00. The second-order valence-electron chi connectivity index (χ2n) is 30.0. The Bertz CT molecular complexity index is 1700. The van der Waals surface area contributed by atoms with E-state index < -0.39 is 0 Å². The van der Waals surface area contributed by atoms with E-state index in [0.29, 0.717) is 96.7 Å². The summed E-state index contributed by atoms with van der Waals surface area (Å²) in [6.07, 6.45) is 66.3. The highest BCUT2D eigenvalue weighted by Crippen LogP contribution is 2.19. The van der Waals surface area contributed by atoms with E-state index in [1.165, 1.54) is 255 Å². The van der Waals surface area contributed by atoms with Gasteiger partial charge in [0.2, 0.25) is 11.8 Å². The molecule has 0 aliphatic carbocycles. The maximum absolute atomic E-state index is 12.1. The molecule has 0 radical (unpaired) electrons. The molecule has 17 nitrogen and oxygen atoms in total. The summed E-state index contributed by atoms with van der Waals surface area (Å²) in [5, 5.41) is 49.7. The number of carbonyl (C=O) groups is 6. The van der Waals surface area contributed by atoms with Crippen molar-refractivity contribution in [1.82, 2.24) is 10.6 Å². The van der Waals surface area contributed by atoms with Gasteiger partial charge in [0.25, 0.3) is 0 Å². The third-order valence-corrected chi connectivity index (χ3v) is 25.6. The lowest BCUT2D eigenvalue weighted by Crippen LogP contribution is -2.25. The van der Waals surface area contributed by atoms with Crippen LogP contribution in [0.25, 0.3) is 0 Å². The Balaban J connectivity index is -0.00000159. The van der Waals surface area contributed by atoms with Crippen LogP contribution in [0.4, 0.5) is 0 Å². The van der Waals surface area contributed by atoms with Gasteiger partial charge in [-0.25, -0.2) is 0 Å². The van der Waals surface area contributed by atoms with Crippen LogP contribution in [0.5, 0.6) is 0 Å². The Morgan fingerprint density at radius 1 is 0.214 bits per heavy atom. The maximum atomic E-state index is 12.1. The minimum atomic E-state index is -0.141. The highest BCUT2D eigenvalue weighted by Gasteiger charge is 2.10. The van der Waals surface area contributed by atoms with Crippen molar-refractivity contribution in [2.75, 3.05) is 142 Å². The van der Waals surface area contributed by atoms with Crippen molar-refractivity contribution < 1.29 is 68.5 Å². The van der Waals surface area contributed by atoms with Crippen LogP contribution >= 0.6 is 70.6 Å². The number of ether oxygens (including phenoxy) is 3. The van der Waals surface area contributed by atoms with Gasteiger partial charge in [0.1, 0.15) is 5.78 Å². The Labute approximate surface area is 712 Å². The second kappa shape index (κ2) is 106. The van der Waals surface area contributed by atoms with Gasteiger partial charge in [0, 0.05) is 106 Å². The molecule has 0 bridgehead atoms. The van der Waals surface area contributed by atoms with Crippen LogP contribution in [0, 0.1) is 0 Å². The van der Waals surface area contributed by atoms with Crippen LogP contribution in [0.1, 0.15) is 385 Å². The molecular formula is C89H175N3O14S6. The molecule has 666 valence electrons. The zero-order valence-corrected chi connectivity index (χ0v) is 76.5. The zero-order valence-electron chi connectivity index (χ0n) is 71.6. The number of aliphatic hydroxyl groups is 5. The highest BCUT2D eigenvalue weighted by atomic mass is 32.2. The predicted molar refractivity (Wildman–Crippen MR) is 489 cm³/mol. The summed E-state index contributed by atoms with van der Waals surface area (Å²) in [7, 11) is 0. The van der Waals surface area contributed by atoms with E-state index in [1.807, 2.05) is 70.6 Å². The molecule has 112 heavy (non-hydrogen) atoms. The van der Waals surface area contributed by atoms with Crippen molar-refractivity contribution in [2.24, 2.45) is 5.73 Å². The minimum Gasteiger partial charge on any atom is -0.466 e. The molecule has 0 rings (SSSR count). The molecule has 0 heterocycles. The van der Waals surface area contributed by atoms with E-state index in [4.69, 9.17) is 45.5 Å². The Morgan fingerprint density at radius 3 is 0.661 bits per heavy atom. The maximum Gasteiger partial charge on any atom is 0.305 e. The number of ketones is 1. The number of rotatable bonds is 92. The first kappa shape index (κ1) is 115. The molecule has 0 atom stereocenters. The number of carbonyl (C=O) groups excluding carboxylic acids is 6. The molecule has 0 saturated carbocycles. The number of hydrogen-bond donors (Lipinski definition) is 8. The van der Waals surface area contributed by atoms with Gasteiger partial charge in [-0.05, 0) is 131 Å². The van der Waals surface area contributed by atoms with Gasteiger partial charge >= 0.3 is 17.9 Å². The summed E-state index contributed by atoms with van der Waals surface area (Å²) < 4.78 is 15.8. The number of unbranched alkanes of at least 4 members (excludes halogenated alkanes) is 44. The summed E-state index contributed by atoms with van der Waals surface area (Å²) in [6.45, 7) is 4.58. The standard InChI is InChI=1S/C31H61NO4S2.2C29H57NO5S2/c33-24-28-37-26-18-11-7-3-1-5-9-14-20-30(35)21-15-13-17-23-32-31(36)22-16-10-6-2-4-8-12-19-27-38-29-25-34;30-20-26-36-24-15-11-7-3-1-5-9-13-18-28(32)34-22-17-23-35-29(33)19-14-10-6-2-4-8-12-16-25-37-27-21-31;31-21-26-36-24-15-11-7-3-1-5-9-13-18-28(33)30-20-17-23-35-29(34)19-14-10-6-2-4-8-12-16-25-37-27-22-32/h33-34H,1-29H2,(H,32,36);31H,1-27,30H2;31-32H,1-27H2,(H,30,33). The summed E-state index contributed by atoms with van der Waals surface area (Å²) >= 11 is 11.1. The lowest BCUT2D eigenvalue weighted by Gasteiger charge is -2.07. The topological polar surface area (TPSA) is 281 Å². The Morgan fingerprint density at radius 2 is 0.411 bits per heavy atom. The van der Waals surface area contributed by atoms with Gasteiger partial charge in [0.15, 0.2) is 0 Å². The van der Waals surface area contributed by atoms with Crippen LogP contribution < -0.4 is 16.4 Å². The second-order valence-corrected chi connectivity index (χ2v) is 37.3. The minimum absolute atomic E-state index is 0.104. The van der Waals surface area contributed by atoms with Crippen molar-refractivity contribution in [3.05, 3.63) is 0 Å². The average Bonchev–Trinajstić information content (AvgIpc) is 1.19. The van der Waals surface area contributed by atoms with Gasteiger partial charge in [-0.1, -0.05) is 238 Å². The van der Waals surface area contributed by atoms with Gasteiger partial charge in [-0.3, -0.25) is 28.8 Å². The zero-order chi connectivity index (χ0) is 81.9. The molecule has 2 amide bonds. The molecule has 0 saturated heterocycles. The molecule has 0 aromatic heterocycles. The van der Waals surface area contributed by atoms with E-state index in [2.05, 4.69) is 10.6 Å². The van der Waals surface area contributed by atoms with Crippen LogP contribution in [0.3, 0.4) is 0 Å². The average molecular weight is 1700 g/mol. The third-order valence-electron chi connectivity index (χ3n) is 19.3. The fourth-order valence-electron chi connectivity index (χ4n) is 12.6. The number of hydrogen-bond acceptors (Lipinski definition) is 21. The normalized spacial score (nSPS) is 11.1. The lowest BCUT2D eigenvalue weighted by molar-refractivity contribution is -0.147. The first-order chi connectivity index (χ1) is 55.1. The predicted octanol–water partition coefficient (Wildman–Crippen LogP) is 21.1. The molecule has 0 aliphatic heterocycles. The van der Waals surface area contributed by atoms with Gasteiger partial charge < -0.3 is 56.1 Å². The fourth-order valence-corrected chi connectivity index (χ4v) is 17.1. The SMILES string of the molecule is NCCSCCCCCCCCCCC(=O)OCCCOC(=O)CCCCCCCCCCSCCO.O=C(CCCCCCCCCCSCCO)CCCCCNC(=O)CCCCCCCCCCSCCO.O=C(CCCCCCCCCCSCCO)NCCCOC(=O)CCCCCCCCCCSCCO. The molecule has 0 spiro atoms. The van der Waals surface area contributed by atoms with Crippen LogP contribution in [0.15, 0.2) is 0 Å². The van der Waals surface area contributed by atoms with Crippen molar-refractivity contribution in [3.8, 4) is 0 Å². The monoisotopic (exact) mass is 1700 g/mol. The van der Waals surface area contributed by atoms with Gasteiger partial charge in [0.05, 0.1) is 52.9 Å². The number of thioether (sulfide) groups is 6. The summed E-state index contributed by atoms with van der Waals surface area (Å²) in [5.41, 5.74) is 5.49. The van der Waals surface area contributed by atoms with E-state index in [9.17, 15) is 28.8 Å². The van der Waals surface area contributed by atoms with Crippen molar-refractivity contribution in [3.63, 3.8) is 0 Å². The lowest BCUT2D eigenvalue weighted by atomic mass is 10.0. The molecular weight excluding hydrogens is 1530 g/mol. The van der Waals surface area contributed by atoms with Crippen molar-refractivity contribution in [1.29, 1.82) is 0 Å². The van der Waals surface area contributed by atoms with Gasteiger partial charge in [-0.2, -0.15) is 70.6 Å². The molecule has 0 fully saturated rings. The molecule has 0 unspecified atom stereocenters. The number of nitrogens with one attached hydrogen (secondary N) is 2. The van der Waals surface area contributed by atoms with E-state index >= 15 is 0 Å². The van der Waals surface area contributed by atoms with Crippen LogP contribution in [0.2, 0.25) is 0 Å². The third kappa shape index (κ3) is 109. The van der Waals surface area contributed by atoms with E-state index in [-0.39, 0.29) is 49.5 Å².